The average molecular weight is 222 g/mol. The fraction of sp³-hybridized carbons (Fsp3) is 0.417. The summed E-state index contributed by atoms with van der Waals surface area (Å²) >= 11 is 0. The second kappa shape index (κ2) is 5.63. The maximum absolute atomic E-state index is 11.8. The number of hydrogen-bond acceptors (Lipinski definition) is 3. The number of hydrogen-bond donors (Lipinski definition) is 3. The molecule has 0 aliphatic carbocycles. The van der Waals surface area contributed by atoms with E-state index in [-0.39, 0.29) is 12.5 Å². The lowest BCUT2D eigenvalue weighted by molar-refractivity contribution is -0.126. The molecule has 88 valence electrons. The van der Waals surface area contributed by atoms with Gasteiger partial charge >= 0.3 is 0 Å². The van der Waals surface area contributed by atoms with Gasteiger partial charge in [-0.25, -0.2) is 0 Å². The molecular formula is C12H18N2O2. The molecule has 16 heavy (non-hydrogen) atoms. The Morgan fingerprint density at radius 2 is 2.06 bits per heavy atom. The van der Waals surface area contributed by atoms with Gasteiger partial charge in [0.25, 0.3) is 0 Å². The molecule has 1 aromatic rings. The van der Waals surface area contributed by atoms with E-state index >= 15 is 0 Å². The summed E-state index contributed by atoms with van der Waals surface area (Å²) in [7, 11) is 0. The maximum atomic E-state index is 11.8. The van der Waals surface area contributed by atoms with E-state index < -0.39 is 5.54 Å². The molecule has 0 bridgehead atoms. The lowest BCUT2D eigenvalue weighted by Gasteiger charge is -2.23. The van der Waals surface area contributed by atoms with Crippen molar-refractivity contribution in [3.05, 3.63) is 35.9 Å². The van der Waals surface area contributed by atoms with Crippen molar-refractivity contribution in [1.82, 2.24) is 5.32 Å². The molecule has 0 saturated carbocycles. The third-order valence-electron chi connectivity index (χ3n) is 2.47. The van der Waals surface area contributed by atoms with Gasteiger partial charge in [-0.2, -0.15) is 0 Å². The largest absolute Gasteiger partial charge is 0.396 e. The van der Waals surface area contributed by atoms with E-state index in [4.69, 9.17) is 10.8 Å². The fourth-order valence-electron chi connectivity index (χ4n) is 1.38. The minimum atomic E-state index is -1.03. The van der Waals surface area contributed by atoms with Gasteiger partial charge in [0.05, 0.1) is 0 Å². The van der Waals surface area contributed by atoms with Crippen molar-refractivity contribution in [2.45, 2.75) is 18.9 Å². The van der Waals surface area contributed by atoms with Crippen LogP contribution in [0.4, 0.5) is 0 Å². The van der Waals surface area contributed by atoms with Gasteiger partial charge in [-0.1, -0.05) is 30.3 Å². The average Bonchev–Trinajstić information content (AvgIpc) is 2.30. The zero-order valence-corrected chi connectivity index (χ0v) is 9.44. The van der Waals surface area contributed by atoms with Crippen LogP contribution in [0.15, 0.2) is 30.3 Å². The van der Waals surface area contributed by atoms with Gasteiger partial charge in [0.2, 0.25) is 5.91 Å². The standard InChI is InChI=1S/C12H18N2O2/c1-12(13,10-6-3-2-4-7-10)11(16)14-8-5-9-15/h2-4,6-7,15H,5,8-9,13H2,1H3,(H,14,16). The van der Waals surface area contributed by atoms with E-state index in [1.807, 2.05) is 30.3 Å². The Bertz CT molecular complexity index is 336. The molecule has 0 aromatic heterocycles. The molecule has 4 nitrogen and oxygen atoms in total. The zero-order valence-electron chi connectivity index (χ0n) is 9.44. The number of carbonyl (C=O) groups is 1. The molecule has 1 unspecified atom stereocenters. The van der Waals surface area contributed by atoms with Gasteiger partial charge in [0.15, 0.2) is 0 Å². The number of carbonyl (C=O) groups excluding carboxylic acids is 1. The van der Waals surface area contributed by atoms with Gasteiger partial charge in [0.1, 0.15) is 5.54 Å². The smallest absolute Gasteiger partial charge is 0.244 e. The van der Waals surface area contributed by atoms with Gasteiger partial charge in [-0.15, -0.1) is 0 Å². The summed E-state index contributed by atoms with van der Waals surface area (Å²) in [5.74, 6) is -0.229. The number of aliphatic hydroxyl groups is 1. The van der Waals surface area contributed by atoms with Crippen molar-refractivity contribution >= 4 is 5.91 Å². The highest BCUT2D eigenvalue weighted by atomic mass is 16.3. The third-order valence-corrected chi connectivity index (χ3v) is 2.47. The Hall–Kier alpha value is -1.39. The van der Waals surface area contributed by atoms with Crippen molar-refractivity contribution in [2.24, 2.45) is 5.73 Å². The number of aliphatic hydroxyl groups excluding tert-OH is 1. The maximum Gasteiger partial charge on any atom is 0.244 e. The van der Waals surface area contributed by atoms with Crippen LogP contribution in [-0.2, 0) is 10.3 Å². The van der Waals surface area contributed by atoms with Crippen LogP contribution in [0.3, 0.4) is 0 Å². The van der Waals surface area contributed by atoms with Crippen LogP contribution in [0.2, 0.25) is 0 Å². The Morgan fingerprint density at radius 1 is 1.44 bits per heavy atom. The summed E-state index contributed by atoms with van der Waals surface area (Å²) in [6.07, 6.45) is 0.538. The third kappa shape index (κ3) is 3.05. The molecule has 1 amide bonds. The number of rotatable bonds is 5. The Labute approximate surface area is 95.5 Å². The molecule has 0 aliphatic rings. The topological polar surface area (TPSA) is 75.4 Å². The zero-order chi connectivity index (χ0) is 12.0. The SMILES string of the molecule is CC(N)(C(=O)NCCCO)c1ccccc1. The second-order valence-electron chi connectivity index (χ2n) is 3.90. The van der Waals surface area contributed by atoms with Gasteiger partial charge in [-0.05, 0) is 18.9 Å². The highest BCUT2D eigenvalue weighted by Gasteiger charge is 2.29. The number of nitrogens with two attached hydrogens (primary N) is 1. The van der Waals surface area contributed by atoms with E-state index in [1.165, 1.54) is 0 Å². The van der Waals surface area contributed by atoms with Crippen molar-refractivity contribution < 1.29 is 9.90 Å². The van der Waals surface area contributed by atoms with E-state index in [0.717, 1.165) is 5.56 Å². The normalized spacial score (nSPS) is 14.2. The lowest BCUT2D eigenvalue weighted by atomic mass is 9.92. The molecule has 0 radical (unpaired) electrons. The number of nitrogens with one attached hydrogen (secondary N) is 1. The molecule has 1 rings (SSSR count). The Morgan fingerprint density at radius 3 is 2.62 bits per heavy atom. The molecule has 4 heteroatoms. The first-order chi connectivity index (χ1) is 7.59. The van der Waals surface area contributed by atoms with Crippen LogP contribution in [0.1, 0.15) is 18.9 Å². The molecule has 4 N–H and O–H groups in total. The first-order valence-corrected chi connectivity index (χ1v) is 5.32. The monoisotopic (exact) mass is 222 g/mol. The first-order valence-electron chi connectivity index (χ1n) is 5.32. The fourth-order valence-corrected chi connectivity index (χ4v) is 1.38. The molecule has 0 fully saturated rings. The number of benzene rings is 1. The summed E-state index contributed by atoms with van der Waals surface area (Å²) in [6, 6.07) is 9.23. The highest BCUT2D eigenvalue weighted by molar-refractivity contribution is 5.86. The Balaban J connectivity index is 2.66. The van der Waals surface area contributed by atoms with Crippen LogP contribution in [0.25, 0.3) is 0 Å². The van der Waals surface area contributed by atoms with Crippen LogP contribution in [0.5, 0.6) is 0 Å². The van der Waals surface area contributed by atoms with Crippen molar-refractivity contribution in [1.29, 1.82) is 0 Å². The number of amides is 1. The van der Waals surface area contributed by atoms with Crippen LogP contribution in [0, 0.1) is 0 Å². The first kappa shape index (κ1) is 12.7. The summed E-state index contributed by atoms with van der Waals surface area (Å²) < 4.78 is 0. The summed E-state index contributed by atoms with van der Waals surface area (Å²) in [4.78, 5) is 11.8. The van der Waals surface area contributed by atoms with E-state index in [2.05, 4.69) is 5.32 Å². The predicted molar refractivity (Wildman–Crippen MR) is 62.7 cm³/mol. The molecule has 0 aliphatic heterocycles. The molecular weight excluding hydrogens is 204 g/mol. The quantitative estimate of drug-likeness (QED) is 0.630. The van der Waals surface area contributed by atoms with Crippen molar-refractivity contribution in [2.75, 3.05) is 13.2 Å². The van der Waals surface area contributed by atoms with E-state index in [9.17, 15) is 4.79 Å². The summed E-state index contributed by atoms with van der Waals surface area (Å²) in [5.41, 5.74) is 5.73. The minimum Gasteiger partial charge on any atom is -0.396 e. The van der Waals surface area contributed by atoms with Crippen LogP contribution >= 0.6 is 0 Å². The Kier molecular flexibility index (Phi) is 4.46. The van der Waals surface area contributed by atoms with Gasteiger partial charge in [0, 0.05) is 13.2 Å². The lowest BCUT2D eigenvalue weighted by Crippen LogP contribution is -2.49. The van der Waals surface area contributed by atoms with E-state index in [1.54, 1.807) is 6.92 Å². The summed E-state index contributed by atoms with van der Waals surface area (Å²) in [5, 5.41) is 11.3. The molecule has 0 saturated heterocycles. The molecule has 0 spiro atoms. The molecule has 1 aromatic carbocycles. The minimum absolute atomic E-state index is 0.0624. The van der Waals surface area contributed by atoms with E-state index in [0.29, 0.717) is 13.0 Å². The van der Waals surface area contributed by atoms with Gasteiger partial charge in [-0.3, -0.25) is 4.79 Å². The van der Waals surface area contributed by atoms with Crippen LogP contribution < -0.4 is 11.1 Å². The van der Waals surface area contributed by atoms with Gasteiger partial charge < -0.3 is 16.2 Å². The predicted octanol–water partition coefficient (Wildman–Crippen LogP) is 0.359. The summed E-state index contributed by atoms with van der Waals surface area (Å²) in [6.45, 7) is 2.18. The van der Waals surface area contributed by atoms with Crippen LogP contribution in [-0.4, -0.2) is 24.2 Å². The second-order valence-corrected chi connectivity index (χ2v) is 3.90. The molecule has 1 atom stereocenters. The molecule has 0 heterocycles. The highest BCUT2D eigenvalue weighted by Crippen LogP contribution is 2.17. The van der Waals surface area contributed by atoms with Crippen molar-refractivity contribution in [3.63, 3.8) is 0 Å². The van der Waals surface area contributed by atoms with Crippen molar-refractivity contribution in [3.8, 4) is 0 Å².